The molecule has 0 radical (unpaired) electrons. The molecular formula is C17H13N2O3S-. The number of carboxylic acids is 1. The SMILES string of the molecule is O=C([O-])CC1SC(=Nc2ccccc2)N(c2ccccc2)C1=O. The van der Waals surface area contributed by atoms with Crippen LogP contribution in [0.5, 0.6) is 0 Å². The number of carbonyl (C=O) groups excluding carboxylic acids is 2. The van der Waals surface area contributed by atoms with Crippen LogP contribution in [0.3, 0.4) is 0 Å². The van der Waals surface area contributed by atoms with E-state index in [1.54, 1.807) is 12.1 Å². The summed E-state index contributed by atoms with van der Waals surface area (Å²) in [6, 6.07) is 18.3. The third kappa shape index (κ3) is 3.43. The maximum atomic E-state index is 12.6. The standard InChI is InChI=1S/C17H14N2O3S/c20-15(21)11-14-16(22)19(13-9-5-2-6-10-13)17(23-14)18-12-7-3-1-4-8-12/h1-10,14H,11H2,(H,20,21)/p-1. The van der Waals surface area contributed by atoms with E-state index in [0.29, 0.717) is 16.5 Å². The number of nitrogens with zero attached hydrogens (tertiary/aromatic N) is 2. The van der Waals surface area contributed by atoms with Gasteiger partial charge >= 0.3 is 0 Å². The van der Waals surface area contributed by atoms with Gasteiger partial charge in [-0.05, 0) is 24.3 Å². The van der Waals surface area contributed by atoms with Gasteiger partial charge in [-0.15, -0.1) is 0 Å². The van der Waals surface area contributed by atoms with Crippen LogP contribution in [0.4, 0.5) is 11.4 Å². The second-order valence-electron chi connectivity index (χ2n) is 4.92. The lowest BCUT2D eigenvalue weighted by Crippen LogP contribution is -2.35. The molecule has 1 amide bonds. The van der Waals surface area contributed by atoms with Gasteiger partial charge in [0, 0.05) is 12.4 Å². The van der Waals surface area contributed by atoms with E-state index in [-0.39, 0.29) is 12.3 Å². The van der Waals surface area contributed by atoms with Crippen LogP contribution in [0, 0.1) is 0 Å². The van der Waals surface area contributed by atoms with E-state index < -0.39 is 11.2 Å². The Balaban J connectivity index is 1.99. The van der Waals surface area contributed by atoms with Crippen molar-refractivity contribution in [3.8, 4) is 0 Å². The van der Waals surface area contributed by atoms with Crippen LogP contribution in [0.25, 0.3) is 0 Å². The minimum absolute atomic E-state index is 0.292. The summed E-state index contributed by atoms with van der Waals surface area (Å²) in [4.78, 5) is 29.4. The van der Waals surface area contributed by atoms with E-state index in [1.807, 2.05) is 48.5 Å². The molecule has 116 valence electrons. The fourth-order valence-corrected chi connectivity index (χ4v) is 3.39. The van der Waals surface area contributed by atoms with Crippen LogP contribution in [0.2, 0.25) is 0 Å². The molecule has 0 aliphatic carbocycles. The number of carbonyl (C=O) groups is 2. The molecule has 2 aromatic rings. The molecule has 1 heterocycles. The minimum Gasteiger partial charge on any atom is -0.550 e. The molecule has 0 saturated carbocycles. The molecule has 2 aromatic carbocycles. The zero-order valence-electron chi connectivity index (χ0n) is 12.1. The Morgan fingerprint density at radius 2 is 1.70 bits per heavy atom. The van der Waals surface area contributed by atoms with E-state index in [4.69, 9.17) is 0 Å². The molecule has 1 saturated heterocycles. The van der Waals surface area contributed by atoms with Gasteiger partial charge in [0.1, 0.15) is 0 Å². The quantitative estimate of drug-likeness (QED) is 0.861. The first-order valence-corrected chi connectivity index (χ1v) is 7.92. The Kier molecular flexibility index (Phi) is 4.43. The Morgan fingerprint density at radius 3 is 2.30 bits per heavy atom. The van der Waals surface area contributed by atoms with Crippen molar-refractivity contribution in [1.82, 2.24) is 0 Å². The Morgan fingerprint density at radius 1 is 1.09 bits per heavy atom. The smallest absolute Gasteiger partial charge is 0.247 e. The van der Waals surface area contributed by atoms with Gasteiger partial charge in [-0.1, -0.05) is 48.2 Å². The molecule has 1 atom stereocenters. The predicted molar refractivity (Wildman–Crippen MR) is 88.5 cm³/mol. The van der Waals surface area contributed by atoms with Gasteiger partial charge in [0.25, 0.3) is 0 Å². The lowest BCUT2D eigenvalue weighted by molar-refractivity contribution is -0.305. The number of aliphatic carboxylic acids is 1. The fourth-order valence-electron chi connectivity index (χ4n) is 2.25. The highest BCUT2D eigenvalue weighted by atomic mass is 32.2. The molecule has 0 N–H and O–H groups in total. The maximum Gasteiger partial charge on any atom is 0.247 e. The van der Waals surface area contributed by atoms with Crippen LogP contribution in [0.1, 0.15) is 6.42 Å². The molecular weight excluding hydrogens is 312 g/mol. The third-order valence-electron chi connectivity index (χ3n) is 3.28. The predicted octanol–water partition coefficient (Wildman–Crippen LogP) is 1.96. The van der Waals surface area contributed by atoms with Crippen molar-refractivity contribution in [2.45, 2.75) is 11.7 Å². The Labute approximate surface area is 137 Å². The van der Waals surface area contributed by atoms with E-state index in [2.05, 4.69) is 4.99 Å². The zero-order valence-corrected chi connectivity index (χ0v) is 12.9. The topological polar surface area (TPSA) is 72.8 Å². The van der Waals surface area contributed by atoms with Crippen LogP contribution in [-0.4, -0.2) is 22.3 Å². The summed E-state index contributed by atoms with van der Waals surface area (Å²) in [5.41, 5.74) is 1.37. The molecule has 5 nitrogen and oxygen atoms in total. The van der Waals surface area contributed by atoms with Crippen molar-refractivity contribution in [2.24, 2.45) is 4.99 Å². The summed E-state index contributed by atoms with van der Waals surface area (Å²) in [6.45, 7) is 0. The van der Waals surface area contributed by atoms with Crippen LogP contribution in [0.15, 0.2) is 65.7 Å². The number of hydrogen-bond acceptors (Lipinski definition) is 5. The zero-order chi connectivity index (χ0) is 16.2. The number of aliphatic imine (C=N–C) groups is 1. The molecule has 3 rings (SSSR count). The van der Waals surface area contributed by atoms with Crippen LogP contribution in [-0.2, 0) is 9.59 Å². The maximum absolute atomic E-state index is 12.6. The number of rotatable bonds is 4. The highest BCUT2D eigenvalue weighted by Crippen LogP contribution is 2.34. The van der Waals surface area contributed by atoms with Gasteiger partial charge in [0.05, 0.1) is 16.6 Å². The summed E-state index contributed by atoms with van der Waals surface area (Å²) in [5, 5.41) is 10.6. The summed E-state index contributed by atoms with van der Waals surface area (Å²) in [6.07, 6.45) is -0.333. The average molecular weight is 325 g/mol. The number of carboxylic acid groups (broad SMARTS) is 1. The minimum atomic E-state index is -1.25. The van der Waals surface area contributed by atoms with Gasteiger partial charge in [-0.3, -0.25) is 9.69 Å². The Hall–Kier alpha value is -2.60. The number of amides is 1. The van der Waals surface area contributed by atoms with Crippen molar-refractivity contribution in [3.63, 3.8) is 0 Å². The van der Waals surface area contributed by atoms with Gasteiger partial charge in [-0.25, -0.2) is 4.99 Å². The molecule has 1 aliphatic rings. The third-order valence-corrected chi connectivity index (χ3v) is 4.42. The summed E-state index contributed by atoms with van der Waals surface area (Å²) < 4.78 is 0. The molecule has 1 fully saturated rings. The van der Waals surface area contributed by atoms with Crippen LogP contribution < -0.4 is 10.0 Å². The second kappa shape index (κ2) is 6.66. The number of amidine groups is 1. The van der Waals surface area contributed by atoms with Crippen LogP contribution >= 0.6 is 11.8 Å². The van der Waals surface area contributed by atoms with Crippen molar-refractivity contribution in [2.75, 3.05) is 4.90 Å². The second-order valence-corrected chi connectivity index (χ2v) is 6.09. The molecule has 0 aromatic heterocycles. The number of anilines is 1. The molecule has 6 heteroatoms. The summed E-state index contributed by atoms with van der Waals surface area (Å²) >= 11 is 1.15. The van der Waals surface area contributed by atoms with Crippen molar-refractivity contribution in [1.29, 1.82) is 0 Å². The largest absolute Gasteiger partial charge is 0.550 e. The first kappa shape index (κ1) is 15.3. The molecule has 23 heavy (non-hydrogen) atoms. The van der Waals surface area contributed by atoms with Gasteiger partial charge in [0.2, 0.25) is 5.91 Å². The summed E-state index contributed by atoms with van der Waals surface area (Å²) in [5.74, 6) is -1.54. The van der Waals surface area contributed by atoms with E-state index >= 15 is 0 Å². The first-order valence-electron chi connectivity index (χ1n) is 7.04. The number of benzene rings is 2. The van der Waals surface area contributed by atoms with E-state index in [0.717, 1.165) is 11.8 Å². The van der Waals surface area contributed by atoms with Gasteiger partial charge in [-0.2, -0.15) is 0 Å². The van der Waals surface area contributed by atoms with Crippen molar-refractivity contribution < 1.29 is 14.7 Å². The van der Waals surface area contributed by atoms with Crippen molar-refractivity contribution >= 4 is 40.2 Å². The Bertz CT molecular complexity index is 747. The van der Waals surface area contributed by atoms with Crippen molar-refractivity contribution in [3.05, 3.63) is 60.7 Å². The number of hydrogen-bond donors (Lipinski definition) is 0. The molecule has 1 aliphatic heterocycles. The highest BCUT2D eigenvalue weighted by Gasteiger charge is 2.38. The molecule has 0 spiro atoms. The monoisotopic (exact) mass is 325 g/mol. The highest BCUT2D eigenvalue weighted by molar-refractivity contribution is 8.16. The number of thioether (sulfide) groups is 1. The number of para-hydroxylation sites is 2. The normalized spacial score (nSPS) is 19.3. The van der Waals surface area contributed by atoms with Gasteiger partial charge in [0.15, 0.2) is 5.17 Å². The van der Waals surface area contributed by atoms with E-state index in [9.17, 15) is 14.7 Å². The lowest BCUT2D eigenvalue weighted by Gasteiger charge is -2.16. The first-order chi connectivity index (χ1) is 11.1. The molecule has 1 unspecified atom stereocenters. The molecule has 0 bridgehead atoms. The van der Waals surface area contributed by atoms with Gasteiger partial charge < -0.3 is 9.90 Å². The van der Waals surface area contributed by atoms with E-state index in [1.165, 1.54) is 4.90 Å². The fraction of sp³-hybridized carbons (Fsp3) is 0.118. The summed E-state index contributed by atoms with van der Waals surface area (Å²) in [7, 11) is 0. The average Bonchev–Trinajstić information content (AvgIpc) is 2.84. The lowest BCUT2D eigenvalue weighted by atomic mass is 10.2.